The van der Waals surface area contributed by atoms with Crippen LogP contribution in [0, 0.1) is 0 Å². The molecular formula is C22H27FN2O4S. The zero-order valence-corrected chi connectivity index (χ0v) is 17.8. The number of carbonyl (C=O) groups excluding carboxylic acids is 1. The van der Waals surface area contributed by atoms with Gasteiger partial charge in [-0.15, -0.1) is 0 Å². The molecule has 0 saturated carbocycles. The highest BCUT2D eigenvalue weighted by atomic mass is 32.2. The smallest absolute Gasteiger partial charge is 0.337 e. The molecule has 6 nitrogen and oxygen atoms in total. The minimum atomic E-state index is -3.67. The molecule has 1 fully saturated rings. The minimum Gasteiger partial charge on any atom is -0.465 e. The van der Waals surface area contributed by atoms with Crippen molar-refractivity contribution in [1.29, 1.82) is 0 Å². The van der Waals surface area contributed by atoms with Crippen LogP contribution in [0.2, 0.25) is 0 Å². The Morgan fingerprint density at radius 1 is 1.20 bits per heavy atom. The van der Waals surface area contributed by atoms with Crippen LogP contribution in [0.15, 0.2) is 54.6 Å². The number of esters is 1. The summed E-state index contributed by atoms with van der Waals surface area (Å²) in [6.07, 6.45) is 0.0542. The molecule has 3 rings (SSSR count). The van der Waals surface area contributed by atoms with Crippen LogP contribution in [-0.4, -0.2) is 52.2 Å². The van der Waals surface area contributed by atoms with E-state index in [2.05, 4.69) is 9.46 Å². The van der Waals surface area contributed by atoms with Gasteiger partial charge in [0.15, 0.2) is 0 Å². The number of methoxy groups -OCH3 is 1. The van der Waals surface area contributed by atoms with Crippen molar-refractivity contribution in [2.75, 3.05) is 26.7 Å². The SMILES string of the molecule is COC(=O)c1ccc(CNS(=O)(=O)[C@@H](CCN2CC[C@H](F)C2)c2ccccc2)cc1. The highest BCUT2D eigenvalue weighted by molar-refractivity contribution is 7.89. The average molecular weight is 435 g/mol. The Hall–Kier alpha value is -2.29. The normalized spacial score (nSPS) is 18.3. The van der Waals surface area contributed by atoms with Crippen LogP contribution in [0.25, 0.3) is 0 Å². The maximum Gasteiger partial charge on any atom is 0.337 e. The van der Waals surface area contributed by atoms with E-state index >= 15 is 0 Å². The van der Waals surface area contributed by atoms with Crippen LogP contribution in [0.5, 0.6) is 0 Å². The zero-order valence-electron chi connectivity index (χ0n) is 17.0. The summed E-state index contributed by atoms with van der Waals surface area (Å²) in [5.74, 6) is -0.441. The van der Waals surface area contributed by atoms with Crippen LogP contribution in [0.4, 0.5) is 4.39 Å². The zero-order chi connectivity index (χ0) is 21.6. The average Bonchev–Trinajstić information content (AvgIpc) is 3.18. The van der Waals surface area contributed by atoms with Gasteiger partial charge in [0.05, 0.1) is 12.7 Å². The van der Waals surface area contributed by atoms with Gasteiger partial charge >= 0.3 is 5.97 Å². The maximum absolute atomic E-state index is 13.5. The van der Waals surface area contributed by atoms with E-state index in [0.717, 1.165) is 5.56 Å². The van der Waals surface area contributed by atoms with Crippen molar-refractivity contribution in [2.45, 2.75) is 30.8 Å². The van der Waals surface area contributed by atoms with Crippen molar-refractivity contribution in [3.63, 3.8) is 0 Å². The van der Waals surface area contributed by atoms with Crippen molar-refractivity contribution < 1.29 is 22.3 Å². The van der Waals surface area contributed by atoms with Gasteiger partial charge in [-0.2, -0.15) is 0 Å². The summed E-state index contributed by atoms with van der Waals surface area (Å²) < 4.78 is 47.1. The molecular weight excluding hydrogens is 407 g/mol. The molecule has 1 aliphatic rings. The summed E-state index contributed by atoms with van der Waals surface area (Å²) in [4.78, 5) is 13.5. The molecule has 1 heterocycles. The first-order valence-electron chi connectivity index (χ1n) is 9.96. The number of nitrogens with one attached hydrogen (secondary N) is 1. The van der Waals surface area contributed by atoms with Gasteiger partial charge in [-0.1, -0.05) is 42.5 Å². The molecule has 162 valence electrons. The first-order chi connectivity index (χ1) is 14.4. The number of carbonyl (C=O) groups is 1. The van der Waals surface area contributed by atoms with Crippen molar-refractivity contribution in [3.8, 4) is 0 Å². The molecule has 1 N–H and O–H groups in total. The number of hydrogen-bond acceptors (Lipinski definition) is 5. The van der Waals surface area contributed by atoms with Gasteiger partial charge in [-0.3, -0.25) is 0 Å². The summed E-state index contributed by atoms with van der Waals surface area (Å²) in [7, 11) is -2.36. The Balaban J connectivity index is 1.69. The number of alkyl halides is 1. The third kappa shape index (κ3) is 5.87. The van der Waals surface area contributed by atoms with Gasteiger partial charge in [0.2, 0.25) is 10.0 Å². The lowest BCUT2D eigenvalue weighted by Crippen LogP contribution is -2.32. The lowest BCUT2D eigenvalue weighted by Gasteiger charge is -2.22. The quantitative estimate of drug-likeness (QED) is 0.614. The molecule has 0 bridgehead atoms. The monoisotopic (exact) mass is 434 g/mol. The molecule has 2 aromatic carbocycles. The third-order valence-electron chi connectivity index (χ3n) is 5.32. The van der Waals surface area contributed by atoms with E-state index in [1.54, 1.807) is 36.4 Å². The Morgan fingerprint density at radius 3 is 2.50 bits per heavy atom. The van der Waals surface area contributed by atoms with Crippen molar-refractivity contribution >= 4 is 16.0 Å². The Labute approximate surface area is 177 Å². The Kier molecular flexibility index (Phi) is 7.58. The second kappa shape index (κ2) is 10.1. The van der Waals surface area contributed by atoms with Crippen molar-refractivity contribution in [1.82, 2.24) is 9.62 Å². The predicted octanol–water partition coefficient (Wildman–Crippen LogP) is 3.07. The lowest BCUT2D eigenvalue weighted by atomic mass is 10.1. The van der Waals surface area contributed by atoms with Crippen LogP contribution < -0.4 is 4.72 Å². The van der Waals surface area contributed by atoms with Gasteiger partial charge in [0.25, 0.3) is 0 Å². The van der Waals surface area contributed by atoms with Crippen LogP contribution in [-0.2, 0) is 21.3 Å². The topological polar surface area (TPSA) is 75.7 Å². The third-order valence-corrected chi connectivity index (χ3v) is 7.12. The first-order valence-corrected chi connectivity index (χ1v) is 11.5. The minimum absolute atomic E-state index is 0.114. The lowest BCUT2D eigenvalue weighted by molar-refractivity contribution is 0.0600. The van der Waals surface area contributed by atoms with E-state index in [1.165, 1.54) is 7.11 Å². The largest absolute Gasteiger partial charge is 0.465 e. The number of sulfonamides is 1. The van der Waals surface area contributed by atoms with Gasteiger partial charge in [-0.05, 0) is 42.6 Å². The maximum atomic E-state index is 13.5. The molecule has 30 heavy (non-hydrogen) atoms. The van der Waals surface area contributed by atoms with E-state index in [9.17, 15) is 17.6 Å². The van der Waals surface area contributed by atoms with Gasteiger partial charge in [-0.25, -0.2) is 22.3 Å². The van der Waals surface area contributed by atoms with Crippen LogP contribution in [0.3, 0.4) is 0 Å². The second-order valence-electron chi connectivity index (χ2n) is 7.43. The van der Waals surface area contributed by atoms with Crippen LogP contribution in [0.1, 0.15) is 39.6 Å². The van der Waals surface area contributed by atoms with Crippen molar-refractivity contribution in [3.05, 3.63) is 71.3 Å². The fraction of sp³-hybridized carbons (Fsp3) is 0.409. The second-order valence-corrected chi connectivity index (χ2v) is 9.38. The molecule has 0 unspecified atom stereocenters. The Morgan fingerprint density at radius 2 is 1.90 bits per heavy atom. The molecule has 0 aliphatic carbocycles. The first kappa shape index (κ1) is 22.4. The summed E-state index contributed by atoms with van der Waals surface area (Å²) in [6, 6.07) is 15.7. The molecule has 2 aromatic rings. The number of rotatable bonds is 9. The molecule has 8 heteroatoms. The Bertz CT molecular complexity index is 935. The van der Waals surface area contributed by atoms with E-state index in [-0.39, 0.29) is 6.54 Å². The molecule has 0 aromatic heterocycles. The number of nitrogens with zero attached hydrogens (tertiary/aromatic N) is 1. The molecule has 0 radical (unpaired) electrons. The van der Waals surface area contributed by atoms with E-state index in [4.69, 9.17) is 0 Å². The highest BCUT2D eigenvalue weighted by Crippen LogP contribution is 2.27. The molecule has 2 atom stereocenters. The molecule has 1 aliphatic heterocycles. The number of hydrogen-bond donors (Lipinski definition) is 1. The summed E-state index contributed by atoms with van der Waals surface area (Å²) in [6.45, 7) is 1.66. The van der Waals surface area contributed by atoms with Gasteiger partial charge in [0.1, 0.15) is 11.4 Å². The number of ether oxygens (including phenoxy) is 1. The summed E-state index contributed by atoms with van der Waals surface area (Å²) >= 11 is 0. The van der Waals surface area contributed by atoms with Crippen molar-refractivity contribution in [2.24, 2.45) is 0 Å². The van der Waals surface area contributed by atoms with E-state index in [1.807, 2.05) is 23.1 Å². The van der Waals surface area contributed by atoms with E-state index in [0.29, 0.717) is 43.6 Å². The van der Waals surface area contributed by atoms with E-state index < -0.39 is 27.4 Å². The number of benzene rings is 2. The highest BCUT2D eigenvalue weighted by Gasteiger charge is 2.29. The van der Waals surface area contributed by atoms with Gasteiger partial charge in [0, 0.05) is 19.6 Å². The fourth-order valence-electron chi connectivity index (χ4n) is 3.62. The summed E-state index contributed by atoms with van der Waals surface area (Å²) in [5.41, 5.74) is 1.85. The molecule has 0 spiro atoms. The summed E-state index contributed by atoms with van der Waals surface area (Å²) in [5, 5.41) is -0.730. The predicted molar refractivity (Wildman–Crippen MR) is 113 cm³/mol. The number of halogens is 1. The standard InChI is InChI=1S/C22H27FN2O4S/c1-29-22(26)19-9-7-17(8-10-19)15-24-30(27,28)21(18-5-3-2-4-6-18)12-14-25-13-11-20(23)16-25/h2-10,20-21,24H,11-16H2,1H3/t20-,21-/m0/s1. The molecule has 1 saturated heterocycles. The van der Waals surface area contributed by atoms with Gasteiger partial charge < -0.3 is 9.64 Å². The fourth-order valence-corrected chi connectivity index (χ4v) is 5.12. The number of likely N-dealkylation sites (tertiary alicyclic amines) is 1. The van der Waals surface area contributed by atoms with Crippen LogP contribution >= 0.6 is 0 Å². The molecule has 0 amide bonds.